The van der Waals surface area contributed by atoms with Crippen LogP contribution in [0.1, 0.15) is 6.92 Å². The number of alkyl halides is 3. The second kappa shape index (κ2) is 5.68. The molecule has 0 bridgehead atoms. The van der Waals surface area contributed by atoms with Gasteiger partial charge in [-0.3, -0.25) is 0 Å². The zero-order valence-electron chi connectivity index (χ0n) is 10.0. The van der Waals surface area contributed by atoms with Crippen LogP contribution >= 0.6 is 15.9 Å². The lowest BCUT2D eigenvalue weighted by molar-refractivity contribution is -0.275. The monoisotopic (exact) mass is 361 g/mol. The highest BCUT2D eigenvalue weighted by atomic mass is 79.9. The Balaban J connectivity index is 3.36. The number of benzene rings is 1. The van der Waals surface area contributed by atoms with Crippen LogP contribution in [0, 0.1) is 0 Å². The SMILES string of the molecule is CCN(C)S(=O)(=O)c1ccc(Br)cc1OC(F)(F)F. The molecule has 0 aliphatic heterocycles. The number of sulfonamides is 1. The third-order valence-electron chi connectivity index (χ3n) is 2.26. The van der Waals surface area contributed by atoms with E-state index in [0.717, 1.165) is 16.4 Å². The average molecular weight is 362 g/mol. The number of hydrogen-bond donors (Lipinski definition) is 0. The van der Waals surface area contributed by atoms with E-state index >= 15 is 0 Å². The van der Waals surface area contributed by atoms with E-state index in [-0.39, 0.29) is 11.0 Å². The number of ether oxygens (including phenoxy) is 1. The minimum atomic E-state index is -4.96. The molecule has 0 radical (unpaired) electrons. The van der Waals surface area contributed by atoms with Gasteiger partial charge >= 0.3 is 6.36 Å². The molecule has 0 amide bonds. The third kappa shape index (κ3) is 4.08. The van der Waals surface area contributed by atoms with Crippen LogP contribution in [0.15, 0.2) is 27.6 Å². The van der Waals surface area contributed by atoms with E-state index in [1.54, 1.807) is 6.92 Å². The Morgan fingerprint density at radius 3 is 2.42 bits per heavy atom. The topological polar surface area (TPSA) is 46.6 Å². The predicted octanol–water partition coefficient (Wildman–Crippen LogP) is 2.99. The highest BCUT2D eigenvalue weighted by Crippen LogP contribution is 2.33. The zero-order valence-corrected chi connectivity index (χ0v) is 12.4. The van der Waals surface area contributed by atoms with Crippen LogP contribution in [0.25, 0.3) is 0 Å². The molecule has 0 unspecified atom stereocenters. The Bertz CT molecular complexity index is 560. The lowest BCUT2D eigenvalue weighted by Crippen LogP contribution is -2.28. The maximum atomic E-state index is 12.3. The van der Waals surface area contributed by atoms with Crippen molar-refractivity contribution < 1.29 is 26.3 Å². The fourth-order valence-corrected chi connectivity index (χ4v) is 2.85. The molecular weight excluding hydrogens is 351 g/mol. The molecule has 0 saturated heterocycles. The number of nitrogens with zero attached hydrogens (tertiary/aromatic N) is 1. The van der Waals surface area contributed by atoms with Crippen LogP contribution in [0.3, 0.4) is 0 Å². The summed E-state index contributed by atoms with van der Waals surface area (Å²) < 4.78 is 65.9. The Kier molecular flexibility index (Phi) is 4.86. The van der Waals surface area contributed by atoms with E-state index in [2.05, 4.69) is 20.7 Å². The summed E-state index contributed by atoms with van der Waals surface area (Å²) in [4.78, 5) is -0.530. The largest absolute Gasteiger partial charge is 0.573 e. The first-order valence-corrected chi connectivity index (χ1v) is 7.33. The van der Waals surface area contributed by atoms with Gasteiger partial charge in [0.05, 0.1) is 0 Å². The van der Waals surface area contributed by atoms with Gasteiger partial charge in [-0.05, 0) is 18.2 Å². The van der Waals surface area contributed by atoms with Gasteiger partial charge in [-0.1, -0.05) is 22.9 Å². The van der Waals surface area contributed by atoms with Crippen molar-refractivity contribution >= 4 is 26.0 Å². The normalized spacial score (nSPS) is 12.8. The molecule has 1 aromatic rings. The molecule has 9 heteroatoms. The van der Waals surface area contributed by atoms with Gasteiger partial charge in [-0.15, -0.1) is 13.2 Å². The van der Waals surface area contributed by atoms with Gasteiger partial charge in [-0.2, -0.15) is 0 Å². The fraction of sp³-hybridized carbons (Fsp3) is 0.400. The van der Waals surface area contributed by atoms with Crippen molar-refractivity contribution in [1.82, 2.24) is 4.31 Å². The minimum absolute atomic E-state index is 0.129. The molecule has 0 aliphatic rings. The molecule has 108 valence electrons. The van der Waals surface area contributed by atoms with Crippen molar-refractivity contribution in [2.75, 3.05) is 13.6 Å². The predicted molar refractivity (Wildman–Crippen MR) is 66.3 cm³/mol. The first-order valence-electron chi connectivity index (χ1n) is 5.09. The van der Waals surface area contributed by atoms with Gasteiger partial charge in [-0.25, -0.2) is 12.7 Å². The summed E-state index contributed by atoms with van der Waals surface area (Å²) in [5.74, 6) is -0.762. The zero-order chi connectivity index (χ0) is 14.8. The van der Waals surface area contributed by atoms with Crippen molar-refractivity contribution in [3.8, 4) is 5.75 Å². The molecule has 0 aromatic heterocycles. The molecule has 0 fully saturated rings. The highest BCUT2D eigenvalue weighted by Gasteiger charge is 2.35. The van der Waals surface area contributed by atoms with Gasteiger partial charge in [0.2, 0.25) is 10.0 Å². The summed E-state index contributed by atoms with van der Waals surface area (Å²) in [5.41, 5.74) is 0. The van der Waals surface area contributed by atoms with Gasteiger partial charge in [0, 0.05) is 18.1 Å². The molecule has 19 heavy (non-hydrogen) atoms. The molecule has 0 aliphatic carbocycles. The fourth-order valence-electron chi connectivity index (χ4n) is 1.24. The van der Waals surface area contributed by atoms with Gasteiger partial charge in [0.25, 0.3) is 0 Å². The lowest BCUT2D eigenvalue weighted by atomic mass is 10.3. The average Bonchev–Trinajstić information content (AvgIpc) is 2.25. The first-order chi connectivity index (χ1) is 8.58. The first kappa shape index (κ1) is 16.3. The Hall–Kier alpha value is -0.800. The smallest absolute Gasteiger partial charge is 0.404 e. The highest BCUT2D eigenvalue weighted by molar-refractivity contribution is 9.10. The van der Waals surface area contributed by atoms with E-state index in [1.165, 1.54) is 13.1 Å². The van der Waals surface area contributed by atoms with E-state index in [4.69, 9.17) is 0 Å². The van der Waals surface area contributed by atoms with Crippen LogP contribution in [0.4, 0.5) is 13.2 Å². The van der Waals surface area contributed by atoms with Crippen LogP contribution < -0.4 is 4.74 Å². The van der Waals surface area contributed by atoms with E-state index < -0.39 is 27.0 Å². The molecular formula is C10H11BrF3NO3S. The summed E-state index contributed by atoms with van der Waals surface area (Å²) in [7, 11) is -2.75. The van der Waals surface area contributed by atoms with Crippen molar-refractivity contribution in [3.05, 3.63) is 22.7 Å². The Labute approximate surface area is 117 Å². The van der Waals surface area contributed by atoms with Crippen LogP contribution in [0.5, 0.6) is 5.75 Å². The summed E-state index contributed by atoms with van der Waals surface area (Å²) in [6, 6.07) is 3.36. The summed E-state index contributed by atoms with van der Waals surface area (Å²) >= 11 is 2.97. The van der Waals surface area contributed by atoms with Crippen molar-refractivity contribution in [2.24, 2.45) is 0 Å². The van der Waals surface area contributed by atoms with Crippen LogP contribution in [-0.2, 0) is 10.0 Å². The standard InChI is InChI=1S/C10H11BrF3NO3S/c1-3-15(2)19(16,17)9-5-4-7(11)6-8(9)18-10(12,13)14/h4-6H,3H2,1-2H3. The molecule has 0 spiro atoms. The molecule has 0 N–H and O–H groups in total. The Morgan fingerprint density at radius 1 is 1.37 bits per heavy atom. The summed E-state index contributed by atoms with van der Waals surface area (Å²) in [6.45, 7) is 1.70. The van der Waals surface area contributed by atoms with E-state index in [1.807, 2.05) is 0 Å². The quantitative estimate of drug-likeness (QED) is 0.828. The van der Waals surface area contributed by atoms with Crippen molar-refractivity contribution in [2.45, 2.75) is 18.2 Å². The number of rotatable bonds is 4. The van der Waals surface area contributed by atoms with E-state index in [0.29, 0.717) is 0 Å². The molecule has 1 aromatic carbocycles. The van der Waals surface area contributed by atoms with Crippen LogP contribution in [0.2, 0.25) is 0 Å². The lowest BCUT2D eigenvalue weighted by Gasteiger charge is -2.18. The summed E-state index contributed by atoms with van der Waals surface area (Å²) in [5, 5.41) is 0. The van der Waals surface area contributed by atoms with Gasteiger partial charge in [0.15, 0.2) is 5.75 Å². The molecule has 0 heterocycles. The Morgan fingerprint density at radius 2 is 1.95 bits per heavy atom. The number of halogens is 4. The second-order valence-corrected chi connectivity index (χ2v) is 6.49. The molecule has 1 rings (SSSR count). The number of hydrogen-bond acceptors (Lipinski definition) is 3. The molecule has 0 atom stereocenters. The van der Waals surface area contributed by atoms with E-state index in [9.17, 15) is 21.6 Å². The van der Waals surface area contributed by atoms with Gasteiger partial charge in [0.1, 0.15) is 4.90 Å². The van der Waals surface area contributed by atoms with Crippen molar-refractivity contribution in [3.63, 3.8) is 0 Å². The summed E-state index contributed by atoms with van der Waals surface area (Å²) in [6.07, 6.45) is -4.96. The maximum absolute atomic E-state index is 12.3. The minimum Gasteiger partial charge on any atom is -0.404 e. The maximum Gasteiger partial charge on any atom is 0.573 e. The molecule has 4 nitrogen and oxygen atoms in total. The third-order valence-corrected chi connectivity index (χ3v) is 4.73. The van der Waals surface area contributed by atoms with Gasteiger partial charge < -0.3 is 4.74 Å². The molecule has 0 saturated carbocycles. The van der Waals surface area contributed by atoms with Crippen molar-refractivity contribution in [1.29, 1.82) is 0 Å². The van der Waals surface area contributed by atoms with Crippen LogP contribution in [-0.4, -0.2) is 32.7 Å². The second-order valence-electron chi connectivity index (χ2n) is 3.56.